The summed E-state index contributed by atoms with van der Waals surface area (Å²) in [6, 6.07) is 3.48. The number of benzene rings is 1. The molecule has 2 rings (SSSR count). The van der Waals surface area contributed by atoms with Crippen LogP contribution in [0.2, 0.25) is 0 Å². The second-order valence-electron chi connectivity index (χ2n) is 4.79. The van der Waals surface area contributed by atoms with Crippen LogP contribution in [-0.2, 0) is 0 Å². The van der Waals surface area contributed by atoms with E-state index in [1.54, 1.807) is 0 Å². The molecule has 0 atom stereocenters. The summed E-state index contributed by atoms with van der Waals surface area (Å²) in [5, 5.41) is 0. The fourth-order valence-electron chi connectivity index (χ4n) is 2.37. The Morgan fingerprint density at radius 2 is 1.94 bits per heavy atom. The van der Waals surface area contributed by atoms with E-state index in [9.17, 15) is 4.39 Å². The van der Waals surface area contributed by atoms with Crippen LogP contribution < -0.4 is 4.74 Å². The van der Waals surface area contributed by atoms with Gasteiger partial charge in [-0.25, -0.2) is 4.39 Å². The Labute approximate surface area is 102 Å². The zero-order valence-electron chi connectivity index (χ0n) is 10.6. The average molecular weight is 237 g/mol. The van der Waals surface area contributed by atoms with Crippen LogP contribution in [0, 0.1) is 19.7 Å². The van der Waals surface area contributed by atoms with Crippen LogP contribution in [0.15, 0.2) is 12.1 Å². The molecule has 1 heterocycles. The summed E-state index contributed by atoms with van der Waals surface area (Å²) in [4.78, 5) is 2.36. The number of likely N-dealkylation sites (tertiary alicyclic amines) is 1. The quantitative estimate of drug-likeness (QED) is 0.798. The lowest BCUT2D eigenvalue weighted by Crippen LogP contribution is -2.25. The van der Waals surface area contributed by atoms with Crippen molar-refractivity contribution in [2.24, 2.45) is 0 Å². The molecule has 0 N–H and O–H groups in total. The Bertz CT molecular complexity index is 363. The van der Waals surface area contributed by atoms with Crippen molar-refractivity contribution in [3.05, 3.63) is 29.1 Å². The van der Waals surface area contributed by atoms with Crippen molar-refractivity contribution < 1.29 is 9.13 Å². The molecule has 1 aromatic rings. The van der Waals surface area contributed by atoms with Gasteiger partial charge in [-0.15, -0.1) is 0 Å². The van der Waals surface area contributed by atoms with E-state index in [1.807, 2.05) is 19.9 Å². The summed E-state index contributed by atoms with van der Waals surface area (Å²) in [6.07, 6.45) is 2.55. The van der Waals surface area contributed by atoms with Gasteiger partial charge in [0.25, 0.3) is 0 Å². The summed E-state index contributed by atoms with van der Waals surface area (Å²) in [7, 11) is 0. The summed E-state index contributed by atoms with van der Waals surface area (Å²) >= 11 is 0. The molecule has 1 aliphatic rings. The SMILES string of the molecule is Cc1cc(C)c(OCCN2CCCC2)c(F)c1. The molecule has 0 aliphatic carbocycles. The first kappa shape index (κ1) is 12.4. The number of ether oxygens (including phenoxy) is 1. The van der Waals surface area contributed by atoms with E-state index >= 15 is 0 Å². The lowest BCUT2D eigenvalue weighted by Gasteiger charge is -2.16. The molecule has 1 fully saturated rings. The summed E-state index contributed by atoms with van der Waals surface area (Å²) in [5.74, 6) is 0.165. The third-order valence-corrected chi connectivity index (χ3v) is 3.23. The van der Waals surface area contributed by atoms with Crippen molar-refractivity contribution in [3.8, 4) is 5.75 Å². The maximum atomic E-state index is 13.7. The molecule has 0 amide bonds. The van der Waals surface area contributed by atoms with Gasteiger partial charge >= 0.3 is 0 Å². The highest BCUT2D eigenvalue weighted by Crippen LogP contribution is 2.23. The summed E-state index contributed by atoms with van der Waals surface area (Å²) < 4.78 is 19.2. The first-order chi connectivity index (χ1) is 8.16. The van der Waals surface area contributed by atoms with Crippen LogP contribution in [0.1, 0.15) is 24.0 Å². The maximum Gasteiger partial charge on any atom is 0.165 e. The molecule has 3 heteroatoms. The van der Waals surface area contributed by atoms with Gasteiger partial charge in [0.05, 0.1) is 0 Å². The number of rotatable bonds is 4. The van der Waals surface area contributed by atoms with Gasteiger partial charge in [0.1, 0.15) is 6.61 Å². The minimum absolute atomic E-state index is 0.246. The molecule has 1 saturated heterocycles. The second kappa shape index (κ2) is 5.50. The fourth-order valence-corrected chi connectivity index (χ4v) is 2.37. The van der Waals surface area contributed by atoms with Crippen molar-refractivity contribution >= 4 is 0 Å². The zero-order chi connectivity index (χ0) is 12.3. The number of nitrogens with zero attached hydrogens (tertiary/aromatic N) is 1. The number of hydrogen-bond donors (Lipinski definition) is 0. The molecule has 17 heavy (non-hydrogen) atoms. The molecule has 0 bridgehead atoms. The molecule has 0 unspecified atom stereocenters. The molecular weight excluding hydrogens is 217 g/mol. The summed E-state index contributed by atoms with van der Waals surface area (Å²) in [6.45, 7) is 7.55. The molecule has 0 saturated carbocycles. The minimum atomic E-state index is -0.246. The van der Waals surface area contributed by atoms with Crippen molar-refractivity contribution in [3.63, 3.8) is 0 Å². The van der Waals surface area contributed by atoms with E-state index in [2.05, 4.69) is 4.90 Å². The van der Waals surface area contributed by atoms with Crippen LogP contribution in [0.25, 0.3) is 0 Å². The zero-order valence-corrected chi connectivity index (χ0v) is 10.6. The van der Waals surface area contributed by atoms with Gasteiger partial charge in [-0.2, -0.15) is 0 Å². The molecule has 94 valence electrons. The van der Waals surface area contributed by atoms with E-state index in [0.29, 0.717) is 12.4 Å². The van der Waals surface area contributed by atoms with Gasteiger partial charge < -0.3 is 4.74 Å². The largest absolute Gasteiger partial charge is 0.489 e. The van der Waals surface area contributed by atoms with Gasteiger partial charge in [-0.05, 0) is 57.0 Å². The number of halogens is 1. The molecule has 0 aromatic heterocycles. The second-order valence-corrected chi connectivity index (χ2v) is 4.79. The van der Waals surface area contributed by atoms with Gasteiger partial charge in [0.15, 0.2) is 11.6 Å². The molecule has 1 aromatic carbocycles. The predicted molar refractivity (Wildman–Crippen MR) is 67.0 cm³/mol. The molecular formula is C14H20FNO. The fraction of sp³-hybridized carbons (Fsp3) is 0.571. The Morgan fingerprint density at radius 1 is 1.24 bits per heavy atom. The van der Waals surface area contributed by atoms with Gasteiger partial charge in [0.2, 0.25) is 0 Å². The lowest BCUT2D eigenvalue weighted by atomic mass is 10.1. The topological polar surface area (TPSA) is 12.5 Å². The van der Waals surface area contributed by atoms with Crippen molar-refractivity contribution in [2.75, 3.05) is 26.2 Å². The Hall–Kier alpha value is -1.09. The Morgan fingerprint density at radius 3 is 2.59 bits per heavy atom. The maximum absolute atomic E-state index is 13.7. The molecule has 0 spiro atoms. The van der Waals surface area contributed by atoms with Crippen LogP contribution in [-0.4, -0.2) is 31.1 Å². The van der Waals surface area contributed by atoms with Crippen LogP contribution in [0.3, 0.4) is 0 Å². The van der Waals surface area contributed by atoms with E-state index < -0.39 is 0 Å². The van der Waals surface area contributed by atoms with Gasteiger partial charge in [-0.3, -0.25) is 4.90 Å². The molecule has 1 aliphatic heterocycles. The number of aryl methyl sites for hydroxylation is 2. The molecule has 2 nitrogen and oxygen atoms in total. The lowest BCUT2D eigenvalue weighted by molar-refractivity contribution is 0.230. The third kappa shape index (κ3) is 3.19. The number of hydrogen-bond acceptors (Lipinski definition) is 2. The first-order valence-corrected chi connectivity index (χ1v) is 6.29. The third-order valence-electron chi connectivity index (χ3n) is 3.23. The Balaban J connectivity index is 1.89. The van der Waals surface area contributed by atoms with E-state index in [1.165, 1.54) is 18.9 Å². The summed E-state index contributed by atoms with van der Waals surface area (Å²) in [5.41, 5.74) is 1.82. The van der Waals surface area contributed by atoms with Gasteiger partial charge in [0, 0.05) is 6.54 Å². The van der Waals surface area contributed by atoms with E-state index in [-0.39, 0.29) is 5.82 Å². The standard InChI is InChI=1S/C14H20FNO/c1-11-9-12(2)14(13(15)10-11)17-8-7-16-5-3-4-6-16/h9-10H,3-8H2,1-2H3. The van der Waals surface area contributed by atoms with Crippen LogP contribution in [0.4, 0.5) is 4.39 Å². The average Bonchev–Trinajstić information content (AvgIpc) is 2.74. The predicted octanol–water partition coefficient (Wildman–Crippen LogP) is 2.92. The monoisotopic (exact) mass is 237 g/mol. The molecule has 0 radical (unpaired) electrons. The van der Waals surface area contributed by atoms with Crippen LogP contribution >= 0.6 is 0 Å². The van der Waals surface area contributed by atoms with Crippen molar-refractivity contribution in [1.82, 2.24) is 4.90 Å². The van der Waals surface area contributed by atoms with Crippen molar-refractivity contribution in [2.45, 2.75) is 26.7 Å². The highest BCUT2D eigenvalue weighted by molar-refractivity contribution is 5.37. The normalized spacial score (nSPS) is 16.4. The highest BCUT2D eigenvalue weighted by atomic mass is 19.1. The highest BCUT2D eigenvalue weighted by Gasteiger charge is 2.12. The van der Waals surface area contributed by atoms with Gasteiger partial charge in [-0.1, -0.05) is 6.07 Å². The first-order valence-electron chi connectivity index (χ1n) is 6.29. The van der Waals surface area contributed by atoms with Crippen molar-refractivity contribution in [1.29, 1.82) is 0 Å². The smallest absolute Gasteiger partial charge is 0.165 e. The minimum Gasteiger partial charge on any atom is -0.489 e. The van der Waals surface area contributed by atoms with E-state index in [4.69, 9.17) is 4.74 Å². The van der Waals surface area contributed by atoms with Crippen LogP contribution in [0.5, 0.6) is 5.75 Å². The van der Waals surface area contributed by atoms with E-state index in [0.717, 1.165) is 30.8 Å². The Kier molecular flexibility index (Phi) is 4.00.